The minimum Gasteiger partial charge on any atom is -0.382 e. The lowest BCUT2D eigenvalue weighted by atomic mass is 9.86. The Bertz CT molecular complexity index is 757. The zero-order valence-corrected chi connectivity index (χ0v) is 17.0. The summed E-state index contributed by atoms with van der Waals surface area (Å²) < 4.78 is 38.7. The third kappa shape index (κ3) is 5.08. The summed E-state index contributed by atoms with van der Waals surface area (Å²) in [7, 11) is 0. The lowest BCUT2D eigenvalue weighted by molar-refractivity contribution is -0.156. The topological polar surface area (TPSA) is 115 Å². The highest BCUT2D eigenvalue weighted by Crippen LogP contribution is 2.34. The average molecular weight is 432 g/mol. The molecular formula is C19H27F3N4O4. The van der Waals surface area contributed by atoms with E-state index in [0.717, 1.165) is 12.3 Å². The second kappa shape index (κ2) is 9.27. The number of rotatable bonds is 6. The van der Waals surface area contributed by atoms with Crippen LogP contribution in [-0.4, -0.2) is 57.8 Å². The van der Waals surface area contributed by atoms with Gasteiger partial charge in [-0.25, -0.2) is 5.48 Å². The van der Waals surface area contributed by atoms with Crippen LogP contribution >= 0.6 is 0 Å². The minimum atomic E-state index is -4.53. The van der Waals surface area contributed by atoms with Gasteiger partial charge < -0.3 is 15.3 Å². The fraction of sp³-hybridized carbons (Fsp3) is 0.632. The number of alkyl halides is 3. The number of hydroxylamine groups is 1. The number of aromatic nitrogens is 1. The highest BCUT2D eigenvalue weighted by Gasteiger charge is 2.45. The summed E-state index contributed by atoms with van der Waals surface area (Å²) in [5, 5.41) is 22.3. The van der Waals surface area contributed by atoms with Crippen LogP contribution in [0.15, 0.2) is 18.3 Å². The molecule has 0 aliphatic carbocycles. The lowest BCUT2D eigenvalue weighted by Gasteiger charge is -2.46. The van der Waals surface area contributed by atoms with E-state index in [-0.39, 0.29) is 31.1 Å². The van der Waals surface area contributed by atoms with Crippen molar-refractivity contribution in [3.63, 3.8) is 0 Å². The van der Waals surface area contributed by atoms with Crippen molar-refractivity contribution in [3.05, 3.63) is 29.6 Å². The Morgan fingerprint density at radius 2 is 2.03 bits per heavy atom. The number of halogens is 3. The number of nitrogens with one attached hydrogen (secondary N) is 2. The molecule has 2 rings (SSSR count). The Labute approximate surface area is 172 Å². The van der Waals surface area contributed by atoms with Crippen LogP contribution in [0, 0.1) is 11.8 Å². The monoisotopic (exact) mass is 432 g/mol. The molecule has 1 aliphatic rings. The SMILES string of the molecule is CC(C)C[C@H](C(=O)N1CCNC[C@]1(C)c1ccc(C(F)(F)F)cn1)[C@H](O)C(=O)NO. The maximum absolute atomic E-state index is 13.4. The van der Waals surface area contributed by atoms with Crippen LogP contribution in [0.1, 0.15) is 38.4 Å². The molecule has 1 aromatic heterocycles. The Morgan fingerprint density at radius 1 is 1.37 bits per heavy atom. The van der Waals surface area contributed by atoms with Gasteiger partial charge in [-0.15, -0.1) is 0 Å². The van der Waals surface area contributed by atoms with Crippen molar-refractivity contribution >= 4 is 11.8 Å². The lowest BCUT2D eigenvalue weighted by Crippen LogP contribution is -2.62. The summed E-state index contributed by atoms with van der Waals surface area (Å²) in [5.41, 5.74) is -0.384. The first kappa shape index (κ1) is 24.0. The number of hydrogen-bond donors (Lipinski definition) is 4. The number of piperazine rings is 1. The predicted molar refractivity (Wildman–Crippen MR) is 100 cm³/mol. The van der Waals surface area contributed by atoms with Crippen molar-refractivity contribution in [1.29, 1.82) is 0 Å². The number of carbonyl (C=O) groups is 2. The zero-order valence-electron chi connectivity index (χ0n) is 17.0. The highest BCUT2D eigenvalue weighted by molar-refractivity contribution is 5.89. The van der Waals surface area contributed by atoms with Crippen molar-refractivity contribution in [2.75, 3.05) is 19.6 Å². The van der Waals surface area contributed by atoms with Gasteiger partial charge in [0, 0.05) is 25.8 Å². The van der Waals surface area contributed by atoms with Gasteiger partial charge in [-0.2, -0.15) is 13.2 Å². The quantitative estimate of drug-likeness (QED) is 0.398. The summed E-state index contributed by atoms with van der Waals surface area (Å²) in [4.78, 5) is 30.5. The van der Waals surface area contributed by atoms with E-state index in [1.54, 1.807) is 6.92 Å². The van der Waals surface area contributed by atoms with Crippen molar-refractivity contribution in [3.8, 4) is 0 Å². The third-order valence-electron chi connectivity index (χ3n) is 5.29. The number of hydrogen-bond acceptors (Lipinski definition) is 6. The Hall–Kier alpha value is -2.24. The van der Waals surface area contributed by atoms with Crippen LogP contribution < -0.4 is 10.8 Å². The summed E-state index contributed by atoms with van der Waals surface area (Å²) in [6.45, 7) is 6.17. The van der Waals surface area contributed by atoms with E-state index in [1.807, 2.05) is 13.8 Å². The van der Waals surface area contributed by atoms with Crippen molar-refractivity contribution in [1.82, 2.24) is 20.7 Å². The Kier molecular flexibility index (Phi) is 7.43. The van der Waals surface area contributed by atoms with Crippen molar-refractivity contribution in [2.45, 2.75) is 45.0 Å². The second-order valence-corrected chi connectivity index (χ2v) is 8.03. The fourth-order valence-corrected chi connectivity index (χ4v) is 3.65. The molecule has 30 heavy (non-hydrogen) atoms. The van der Waals surface area contributed by atoms with Crippen molar-refractivity contribution < 1.29 is 33.1 Å². The molecule has 0 unspecified atom stereocenters. The molecule has 1 fully saturated rings. The van der Waals surface area contributed by atoms with Gasteiger partial charge in [-0.05, 0) is 31.4 Å². The van der Waals surface area contributed by atoms with Crippen LogP contribution in [0.25, 0.3) is 0 Å². The first-order valence-corrected chi connectivity index (χ1v) is 9.59. The molecule has 0 saturated carbocycles. The van der Waals surface area contributed by atoms with Crippen LogP contribution in [-0.2, 0) is 21.3 Å². The largest absolute Gasteiger partial charge is 0.417 e. The molecule has 0 radical (unpaired) electrons. The Morgan fingerprint density at radius 3 is 2.53 bits per heavy atom. The normalized spacial score (nSPS) is 22.0. The van der Waals surface area contributed by atoms with Crippen LogP contribution in [0.4, 0.5) is 13.2 Å². The summed E-state index contributed by atoms with van der Waals surface area (Å²) in [6.07, 6.45) is -5.41. The van der Waals surface area contributed by atoms with E-state index in [9.17, 15) is 27.9 Å². The standard InChI is InChI=1S/C19H27F3N4O4/c1-11(2)8-13(15(27)16(28)25-30)17(29)26-7-6-23-10-18(26,3)14-5-4-12(9-24-14)19(20,21)22/h4-5,9,11,13,15,23,27,30H,6-8,10H2,1-3H3,(H,25,28)/t13-,15-,18+/m0/s1. The molecule has 11 heteroatoms. The molecule has 2 heterocycles. The molecular weight excluding hydrogens is 405 g/mol. The number of aliphatic hydroxyl groups is 1. The van der Waals surface area contributed by atoms with Gasteiger partial charge in [0.1, 0.15) is 6.10 Å². The molecule has 8 nitrogen and oxygen atoms in total. The summed E-state index contributed by atoms with van der Waals surface area (Å²) in [6, 6.07) is 2.13. The van der Waals surface area contributed by atoms with E-state index >= 15 is 0 Å². The van der Waals surface area contributed by atoms with E-state index < -0.39 is 41.1 Å². The smallest absolute Gasteiger partial charge is 0.382 e. The molecule has 168 valence electrons. The molecule has 0 spiro atoms. The molecule has 1 aromatic rings. The van der Waals surface area contributed by atoms with Gasteiger partial charge in [0.15, 0.2) is 0 Å². The summed E-state index contributed by atoms with van der Waals surface area (Å²) >= 11 is 0. The van der Waals surface area contributed by atoms with Crippen LogP contribution in [0.5, 0.6) is 0 Å². The molecule has 3 atom stereocenters. The fourth-order valence-electron chi connectivity index (χ4n) is 3.65. The number of pyridine rings is 1. The van der Waals surface area contributed by atoms with Gasteiger partial charge in [-0.3, -0.25) is 19.8 Å². The first-order valence-electron chi connectivity index (χ1n) is 9.59. The van der Waals surface area contributed by atoms with Crippen LogP contribution in [0.2, 0.25) is 0 Å². The summed E-state index contributed by atoms with van der Waals surface area (Å²) in [5.74, 6) is -2.81. The maximum atomic E-state index is 13.4. The van der Waals surface area contributed by atoms with E-state index in [2.05, 4.69) is 10.3 Å². The van der Waals surface area contributed by atoms with Gasteiger partial charge >= 0.3 is 6.18 Å². The second-order valence-electron chi connectivity index (χ2n) is 8.03. The van der Waals surface area contributed by atoms with Gasteiger partial charge in [0.05, 0.1) is 22.7 Å². The Balaban J connectivity index is 2.40. The molecule has 4 N–H and O–H groups in total. The van der Waals surface area contributed by atoms with Gasteiger partial charge in [-0.1, -0.05) is 13.8 Å². The molecule has 1 aliphatic heterocycles. The number of nitrogens with zero attached hydrogens (tertiary/aromatic N) is 2. The van der Waals surface area contributed by atoms with E-state index in [0.29, 0.717) is 6.54 Å². The highest BCUT2D eigenvalue weighted by atomic mass is 19.4. The van der Waals surface area contributed by atoms with Crippen molar-refractivity contribution in [2.24, 2.45) is 11.8 Å². The van der Waals surface area contributed by atoms with E-state index in [1.165, 1.54) is 16.4 Å². The van der Waals surface area contributed by atoms with Crippen LogP contribution in [0.3, 0.4) is 0 Å². The molecule has 0 bridgehead atoms. The number of amides is 2. The minimum absolute atomic E-state index is 0.0431. The van der Waals surface area contributed by atoms with Gasteiger partial charge in [0.2, 0.25) is 5.91 Å². The molecule has 2 amide bonds. The maximum Gasteiger partial charge on any atom is 0.417 e. The van der Waals surface area contributed by atoms with E-state index in [4.69, 9.17) is 5.21 Å². The molecule has 1 saturated heterocycles. The molecule has 0 aromatic carbocycles. The third-order valence-corrected chi connectivity index (χ3v) is 5.29. The predicted octanol–water partition coefficient (Wildman–Crippen LogP) is 1.28. The zero-order chi connectivity index (χ0) is 22.7. The first-order chi connectivity index (χ1) is 13.9. The average Bonchev–Trinajstić information content (AvgIpc) is 2.70. The number of aliphatic hydroxyl groups excluding tert-OH is 1. The van der Waals surface area contributed by atoms with Gasteiger partial charge in [0.25, 0.3) is 5.91 Å². The number of carbonyl (C=O) groups excluding carboxylic acids is 2.